The smallest absolute Gasteiger partial charge is 0.192 e. The number of rotatable bonds is 3. The molecule has 158 valence electrons. The van der Waals surface area contributed by atoms with E-state index in [-0.39, 0.29) is 17.0 Å². The Balaban J connectivity index is 1.77. The van der Waals surface area contributed by atoms with E-state index in [1.54, 1.807) is 14.2 Å². The fraction of sp³-hybridized carbons (Fsp3) is 0.308. The maximum atomic E-state index is 13.5. The molecule has 5 heteroatoms. The van der Waals surface area contributed by atoms with Crippen molar-refractivity contribution >= 4 is 17.3 Å². The van der Waals surface area contributed by atoms with Gasteiger partial charge in [-0.25, -0.2) is 0 Å². The highest BCUT2D eigenvalue weighted by atomic mass is 16.5. The van der Waals surface area contributed by atoms with Gasteiger partial charge in [-0.05, 0) is 17.9 Å². The number of hydrogen-bond donors (Lipinski definition) is 1. The van der Waals surface area contributed by atoms with E-state index in [1.807, 2.05) is 42.5 Å². The minimum Gasteiger partial charge on any atom is -0.497 e. The summed E-state index contributed by atoms with van der Waals surface area (Å²) in [6.07, 6.45) is 1.20. The van der Waals surface area contributed by atoms with Gasteiger partial charge in [0.05, 0.1) is 19.9 Å². The fourth-order valence-electron chi connectivity index (χ4n) is 5.16. The molecule has 1 aliphatic heterocycles. The molecule has 0 radical (unpaired) electrons. The molecule has 0 saturated carbocycles. The second kappa shape index (κ2) is 6.84. The highest BCUT2D eigenvalue weighted by molar-refractivity contribution is 6.23. The van der Waals surface area contributed by atoms with Crippen molar-refractivity contribution in [2.75, 3.05) is 14.2 Å². The van der Waals surface area contributed by atoms with Gasteiger partial charge in [0.1, 0.15) is 11.5 Å². The maximum Gasteiger partial charge on any atom is 0.192 e. The second-order valence-electron chi connectivity index (χ2n) is 9.16. The van der Waals surface area contributed by atoms with Crippen LogP contribution in [0.15, 0.2) is 59.3 Å². The molecule has 2 aromatic carbocycles. The molecule has 31 heavy (non-hydrogen) atoms. The van der Waals surface area contributed by atoms with Crippen LogP contribution in [0.3, 0.4) is 0 Å². The number of allylic oxidation sites excluding steroid dienone is 3. The molecule has 1 heterocycles. The van der Waals surface area contributed by atoms with Crippen molar-refractivity contribution < 1.29 is 19.1 Å². The molecule has 0 unspecified atom stereocenters. The number of dihydropyridines is 1. The van der Waals surface area contributed by atoms with Crippen molar-refractivity contribution in [2.45, 2.75) is 32.6 Å². The SMILES string of the molecule is COc1ccc([C@H]2C3=C(CC(C)(C)CC3=O)NC3=C2C(=O)c2ccccc23)c(OC)c1. The van der Waals surface area contributed by atoms with Crippen LogP contribution in [-0.4, -0.2) is 25.8 Å². The summed E-state index contributed by atoms with van der Waals surface area (Å²) in [5.74, 6) is 0.833. The third-order valence-corrected chi connectivity index (χ3v) is 6.48. The first-order chi connectivity index (χ1) is 14.8. The molecular formula is C26H25NO4. The molecule has 5 nitrogen and oxygen atoms in total. The Labute approximate surface area is 181 Å². The van der Waals surface area contributed by atoms with Crippen LogP contribution in [0, 0.1) is 5.41 Å². The van der Waals surface area contributed by atoms with Gasteiger partial charge in [-0.1, -0.05) is 44.2 Å². The zero-order valence-corrected chi connectivity index (χ0v) is 18.2. The van der Waals surface area contributed by atoms with Gasteiger partial charge < -0.3 is 14.8 Å². The number of hydrogen-bond acceptors (Lipinski definition) is 5. The summed E-state index contributed by atoms with van der Waals surface area (Å²) in [7, 11) is 3.20. The average Bonchev–Trinajstić information content (AvgIpc) is 3.03. The summed E-state index contributed by atoms with van der Waals surface area (Å²) in [6, 6.07) is 13.2. The van der Waals surface area contributed by atoms with Gasteiger partial charge in [-0.15, -0.1) is 0 Å². The fourth-order valence-corrected chi connectivity index (χ4v) is 5.16. The third-order valence-electron chi connectivity index (χ3n) is 6.48. The number of ether oxygens (including phenoxy) is 2. The number of carbonyl (C=O) groups excluding carboxylic acids is 2. The number of carbonyl (C=O) groups is 2. The maximum absolute atomic E-state index is 13.5. The number of fused-ring (bicyclic) bond motifs is 2. The summed E-state index contributed by atoms with van der Waals surface area (Å²) < 4.78 is 11.1. The van der Waals surface area contributed by atoms with Crippen molar-refractivity contribution in [3.05, 3.63) is 76.0 Å². The molecule has 3 aliphatic rings. The normalized spacial score (nSPS) is 21.4. The summed E-state index contributed by atoms with van der Waals surface area (Å²) >= 11 is 0. The van der Waals surface area contributed by atoms with Crippen molar-refractivity contribution in [2.24, 2.45) is 5.41 Å². The lowest BCUT2D eigenvalue weighted by Gasteiger charge is -2.39. The molecule has 1 atom stereocenters. The van der Waals surface area contributed by atoms with Gasteiger partial charge in [0.2, 0.25) is 0 Å². The van der Waals surface area contributed by atoms with Crippen LogP contribution in [0.25, 0.3) is 5.70 Å². The largest absolute Gasteiger partial charge is 0.497 e. The molecule has 0 fully saturated rings. The summed E-state index contributed by atoms with van der Waals surface area (Å²) in [4.78, 5) is 27.0. The van der Waals surface area contributed by atoms with Crippen molar-refractivity contribution in [3.8, 4) is 11.5 Å². The summed E-state index contributed by atoms with van der Waals surface area (Å²) in [5, 5.41) is 3.50. The molecule has 5 rings (SSSR count). The number of Topliss-reactive ketones (excluding diaryl/α,β-unsaturated/α-hetero) is 2. The van der Waals surface area contributed by atoms with Gasteiger partial charge in [0.25, 0.3) is 0 Å². The summed E-state index contributed by atoms with van der Waals surface area (Å²) in [5.41, 5.74) is 5.25. The predicted molar refractivity (Wildman–Crippen MR) is 118 cm³/mol. The van der Waals surface area contributed by atoms with Crippen LogP contribution in [0.5, 0.6) is 11.5 Å². The molecule has 0 bridgehead atoms. The molecule has 0 amide bonds. The zero-order valence-electron chi connectivity index (χ0n) is 18.2. The van der Waals surface area contributed by atoms with E-state index in [1.165, 1.54) is 0 Å². The van der Waals surface area contributed by atoms with E-state index in [2.05, 4.69) is 19.2 Å². The number of benzene rings is 2. The Hall–Kier alpha value is -3.34. The van der Waals surface area contributed by atoms with E-state index in [0.29, 0.717) is 34.6 Å². The van der Waals surface area contributed by atoms with Gasteiger partial charge in [0.15, 0.2) is 11.6 Å². The van der Waals surface area contributed by atoms with Crippen LogP contribution in [0.4, 0.5) is 0 Å². The third kappa shape index (κ3) is 2.91. The lowest BCUT2D eigenvalue weighted by atomic mass is 9.68. The molecular weight excluding hydrogens is 390 g/mol. The molecule has 2 aliphatic carbocycles. The van der Waals surface area contributed by atoms with E-state index in [4.69, 9.17) is 9.47 Å². The summed E-state index contributed by atoms with van der Waals surface area (Å²) in [6.45, 7) is 4.22. The quantitative estimate of drug-likeness (QED) is 0.791. The first-order valence-electron chi connectivity index (χ1n) is 10.5. The van der Waals surface area contributed by atoms with Crippen LogP contribution >= 0.6 is 0 Å². The van der Waals surface area contributed by atoms with Gasteiger partial charge in [0, 0.05) is 51.9 Å². The standard InChI is InChI=1S/C26H25NO4/c1-26(2)12-18-22(19(28)13-26)21(17-10-9-14(30-3)11-20(17)31-4)23-24(27-18)15-7-5-6-8-16(15)25(23)29/h5-11,21,27H,12-13H2,1-4H3/t21-/m0/s1. The highest BCUT2D eigenvalue weighted by Gasteiger charge is 2.47. The molecule has 0 spiro atoms. The Morgan fingerprint density at radius 2 is 1.68 bits per heavy atom. The van der Waals surface area contributed by atoms with Crippen LogP contribution in [0.2, 0.25) is 0 Å². The van der Waals surface area contributed by atoms with Crippen LogP contribution in [0.1, 0.15) is 54.1 Å². The molecule has 2 aromatic rings. The monoisotopic (exact) mass is 415 g/mol. The minimum absolute atomic E-state index is 0.0369. The Morgan fingerprint density at radius 3 is 2.39 bits per heavy atom. The minimum atomic E-state index is -0.476. The molecule has 0 aromatic heterocycles. The van der Waals surface area contributed by atoms with Gasteiger partial charge in [-0.3, -0.25) is 9.59 Å². The van der Waals surface area contributed by atoms with Crippen molar-refractivity contribution in [1.29, 1.82) is 0 Å². The van der Waals surface area contributed by atoms with Gasteiger partial charge in [-0.2, -0.15) is 0 Å². The first-order valence-corrected chi connectivity index (χ1v) is 10.5. The number of ketones is 2. The predicted octanol–water partition coefficient (Wildman–Crippen LogP) is 4.64. The van der Waals surface area contributed by atoms with E-state index < -0.39 is 5.92 Å². The van der Waals surface area contributed by atoms with E-state index >= 15 is 0 Å². The topological polar surface area (TPSA) is 64.6 Å². The molecule has 1 N–H and O–H groups in total. The Kier molecular flexibility index (Phi) is 4.33. The van der Waals surface area contributed by atoms with Crippen LogP contribution in [-0.2, 0) is 4.79 Å². The zero-order chi connectivity index (χ0) is 21.9. The van der Waals surface area contributed by atoms with E-state index in [9.17, 15) is 9.59 Å². The van der Waals surface area contributed by atoms with Crippen molar-refractivity contribution in [3.63, 3.8) is 0 Å². The van der Waals surface area contributed by atoms with Gasteiger partial charge >= 0.3 is 0 Å². The molecule has 0 saturated heterocycles. The number of nitrogens with one attached hydrogen (secondary N) is 1. The lowest BCUT2D eigenvalue weighted by Crippen LogP contribution is -2.37. The number of methoxy groups -OCH3 is 2. The second-order valence-corrected chi connectivity index (χ2v) is 9.16. The lowest BCUT2D eigenvalue weighted by molar-refractivity contribution is -0.118. The highest BCUT2D eigenvalue weighted by Crippen LogP contribution is 2.52. The Morgan fingerprint density at radius 1 is 0.935 bits per heavy atom. The Bertz CT molecular complexity index is 1200. The van der Waals surface area contributed by atoms with E-state index in [0.717, 1.165) is 28.9 Å². The van der Waals surface area contributed by atoms with Crippen LogP contribution < -0.4 is 14.8 Å². The average molecular weight is 415 g/mol. The first kappa shape index (κ1) is 19.6. The van der Waals surface area contributed by atoms with Crippen molar-refractivity contribution in [1.82, 2.24) is 5.32 Å².